The molecule has 1 aliphatic heterocycles. The first-order chi connectivity index (χ1) is 11.0. The Balaban J connectivity index is 1.58. The minimum absolute atomic E-state index is 0.306. The monoisotopic (exact) mass is 319 g/mol. The SMILES string of the molecule is CCC(=O)N(CCN1CCNCC1)CC1=CC[C@@H]2C[C@@H]1C2(C)C. The van der Waals surface area contributed by atoms with Gasteiger partial charge in [0.15, 0.2) is 0 Å². The predicted octanol–water partition coefficient (Wildman–Crippen LogP) is 2.12. The number of hydrogen-bond donors (Lipinski definition) is 1. The Morgan fingerprint density at radius 3 is 2.74 bits per heavy atom. The fourth-order valence-corrected chi connectivity index (χ4v) is 4.59. The lowest BCUT2D eigenvalue weighted by Crippen LogP contribution is -2.51. The second kappa shape index (κ2) is 6.94. The van der Waals surface area contributed by atoms with Crippen LogP contribution >= 0.6 is 0 Å². The summed E-state index contributed by atoms with van der Waals surface area (Å²) >= 11 is 0. The number of hydrogen-bond acceptors (Lipinski definition) is 3. The second-order valence-corrected chi connectivity index (χ2v) is 8.08. The van der Waals surface area contributed by atoms with Crippen molar-refractivity contribution in [1.82, 2.24) is 15.1 Å². The maximum atomic E-state index is 12.4. The molecule has 1 saturated carbocycles. The third-order valence-corrected chi connectivity index (χ3v) is 6.51. The molecule has 4 heteroatoms. The van der Waals surface area contributed by atoms with E-state index < -0.39 is 0 Å². The number of carbonyl (C=O) groups excluding carboxylic acids is 1. The van der Waals surface area contributed by atoms with Gasteiger partial charge in [-0.25, -0.2) is 0 Å². The molecule has 2 bridgehead atoms. The number of allylic oxidation sites excluding steroid dienone is 1. The zero-order valence-electron chi connectivity index (χ0n) is 15.1. The Morgan fingerprint density at radius 1 is 1.39 bits per heavy atom. The summed E-state index contributed by atoms with van der Waals surface area (Å²) in [6.07, 6.45) is 5.60. The zero-order chi connectivity index (χ0) is 16.4. The number of nitrogens with one attached hydrogen (secondary N) is 1. The highest BCUT2D eigenvalue weighted by Gasteiger charge is 2.51. The standard InChI is InChI=1S/C19H33N3O/c1-4-18(23)22(12-11-21-9-7-20-8-10-21)14-15-5-6-16-13-17(15)19(16,2)3/h5,16-17,20H,4,6-14H2,1-3H3/t16-,17+/m1/s1. The lowest BCUT2D eigenvalue weighted by Gasteiger charge is -2.57. The number of nitrogens with zero attached hydrogens (tertiary/aromatic N) is 2. The van der Waals surface area contributed by atoms with Crippen molar-refractivity contribution < 1.29 is 4.79 Å². The molecule has 23 heavy (non-hydrogen) atoms. The van der Waals surface area contributed by atoms with Gasteiger partial charge in [0.25, 0.3) is 0 Å². The molecule has 0 aromatic rings. The van der Waals surface area contributed by atoms with Crippen molar-refractivity contribution in [3.8, 4) is 0 Å². The van der Waals surface area contributed by atoms with E-state index in [-0.39, 0.29) is 0 Å². The molecule has 1 N–H and O–H groups in total. The third kappa shape index (κ3) is 3.48. The molecule has 0 aromatic heterocycles. The van der Waals surface area contributed by atoms with Crippen LogP contribution in [0.1, 0.15) is 40.0 Å². The smallest absolute Gasteiger partial charge is 0.222 e. The van der Waals surface area contributed by atoms with Gasteiger partial charge in [0, 0.05) is 52.2 Å². The van der Waals surface area contributed by atoms with Gasteiger partial charge in [-0.2, -0.15) is 0 Å². The minimum atomic E-state index is 0.306. The Hall–Kier alpha value is -0.870. The molecule has 2 fully saturated rings. The van der Waals surface area contributed by atoms with E-state index in [1.54, 1.807) is 0 Å². The first kappa shape index (κ1) is 17.0. The highest BCUT2D eigenvalue weighted by molar-refractivity contribution is 5.76. The van der Waals surface area contributed by atoms with Crippen LogP contribution in [0.3, 0.4) is 0 Å². The van der Waals surface area contributed by atoms with Crippen molar-refractivity contribution in [3.63, 3.8) is 0 Å². The first-order valence-electron chi connectivity index (χ1n) is 9.42. The Bertz CT molecular complexity index is 465. The summed E-state index contributed by atoms with van der Waals surface area (Å²) in [7, 11) is 0. The van der Waals surface area contributed by atoms with Crippen LogP contribution in [-0.4, -0.2) is 61.5 Å². The van der Waals surface area contributed by atoms with Crippen molar-refractivity contribution in [2.24, 2.45) is 17.3 Å². The van der Waals surface area contributed by atoms with E-state index in [4.69, 9.17) is 0 Å². The lowest BCUT2D eigenvalue weighted by molar-refractivity contribution is -0.131. The van der Waals surface area contributed by atoms with Gasteiger partial charge in [-0.15, -0.1) is 0 Å². The van der Waals surface area contributed by atoms with Gasteiger partial charge in [-0.3, -0.25) is 9.69 Å². The van der Waals surface area contributed by atoms with Crippen molar-refractivity contribution >= 4 is 5.91 Å². The number of amides is 1. The number of rotatable bonds is 6. The van der Waals surface area contributed by atoms with Crippen LogP contribution in [0.25, 0.3) is 0 Å². The number of fused-ring (bicyclic) bond motifs is 1. The van der Waals surface area contributed by atoms with Crippen LogP contribution in [0.5, 0.6) is 0 Å². The van der Waals surface area contributed by atoms with Crippen LogP contribution in [0, 0.1) is 17.3 Å². The van der Waals surface area contributed by atoms with E-state index in [0.717, 1.165) is 51.7 Å². The van der Waals surface area contributed by atoms with E-state index in [9.17, 15) is 4.79 Å². The molecule has 4 aliphatic rings. The highest BCUT2D eigenvalue weighted by Crippen LogP contribution is 2.59. The quantitative estimate of drug-likeness (QED) is 0.762. The normalized spacial score (nSPS) is 29.6. The molecule has 4 rings (SSSR count). The summed E-state index contributed by atoms with van der Waals surface area (Å²) in [6, 6.07) is 0. The molecule has 0 spiro atoms. The molecule has 1 saturated heterocycles. The molecule has 0 radical (unpaired) electrons. The Kier molecular flexibility index (Phi) is 5.12. The van der Waals surface area contributed by atoms with Crippen LogP contribution in [0.15, 0.2) is 11.6 Å². The van der Waals surface area contributed by atoms with Gasteiger partial charge >= 0.3 is 0 Å². The molecule has 0 aromatic carbocycles. The van der Waals surface area contributed by atoms with E-state index in [1.165, 1.54) is 18.4 Å². The molecule has 4 nitrogen and oxygen atoms in total. The summed E-state index contributed by atoms with van der Waals surface area (Å²) in [6.45, 7) is 13.9. The minimum Gasteiger partial charge on any atom is -0.337 e. The van der Waals surface area contributed by atoms with Crippen LogP contribution in [0.4, 0.5) is 0 Å². The van der Waals surface area contributed by atoms with Crippen LogP contribution in [0.2, 0.25) is 0 Å². The summed E-state index contributed by atoms with van der Waals surface area (Å²) in [5, 5.41) is 3.39. The Labute approximate surface area is 141 Å². The summed E-state index contributed by atoms with van der Waals surface area (Å²) < 4.78 is 0. The maximum absolute atomic E-state index is 12.4. The number of carbonyl (C=O) groups is 1. The molecule has 130 valence electrons. The van der Waals surface area contributed by atoms with Crippen molar-refractivity contribution in [2.45, 2.75) is 40.0 Å². The zero-order valence-corrected chi connectivity index (χ0v) is 15.1. The molecule has 2 atom stereocenters. The van der Waals surface area contributed by atoms with E-state index in [2.05, 4.69) is 35.0 Å². The van der Waals surface area contributed by atoms with E-state index in [1.807, 2.05) is 6.92 Å². The van der Waals surface area contributed by atoms with Gasteiger partial charge in [0.1, 0.15) is 0 Å². The highest BCUT2D eigenvalue weighted by atomic mass is 16.2. The summed E-state index contributed by atoms with van der Waals surface area (Å²) in [5.74, 6) is 1.88. The largest absolute Gasteiger partial charge is 0.337 e. The average molecular weight is 319 g/mol. The van der Waals surface area contributed by atoms with E-state index in [0.29, 0.717) is 23.7 Å². The van der Waals surface area contributed by atoms with Gasteiger partial charge in [-0.05, 0) is 30.1 Å². The van der Waals surface area contributed by atoms with Crippen LogP contribution < -0.4 is 5.32 Å². The topological polar surface area (TPSA) is 35.6 Å². The van der Waals surface area contributed by atoms with Crippen LogP contribution in [-0.2, 0) is 4.79 Å². The van der Waals surface area contributed by atoms with E-state index >= 15 is 0 Å². The average Bonchev–Trinajstić information content (AvgIpc) is 2.58. The summed E-state index contributed by atoms with van der Waals surface area (Å²) in [4.78, 5) is 17.0. The third-order valence-electron chi connectivity index (χ3n) is 6.51. The second-order valence-electron chi connectivity index (χ2n) is 8.08. The van der Waals surface area contributed by atoms with Gasteiger partial charge in [-0.1, -0.05) is 32.4 Å². The van der Waals surface area contributed by atoms with Gasteiger partial charge in [0.05, 0.1) is 0 Å². The molecular formula is C19H33N3O. The fraction of sp³-hybridized carbons (Fsp3) is 0.842. The summed E-state index contributed by atoms with van der Waals surface area (Å²) in [5.41, 5.74) is 1.98. The number of piperazine rings is 1. The molecular weight excluding hydrogens is 286 g/mol. The molecule has 3 aliphatic carbocycles. The van der Waals surface area contributed by atoms with Crippen molar-refractivity contribution in [2.75, 3.05) is 45.8 Å². The fourth-order valence-electron chi connectivity index (χ4n) is 4.59. The molecule has 0 unspecified atom stereocenters. The van der Waals surface area contributed by atoms with Gasteiger partial charge < -0.3 is 10.2 Å². The molecule has 1 heterocycles. The van der Waals surface area contributed by atoms with Crippen molar-refractivity contribution in [1.29, 1.82) is 0 Å². The lowest BCUT2D eigenvalue weighted by atomic mass is 9.49. The van der Waals surface area contributed by atoms with Gasteiger partial charge in [0.2, 0.25) is 5.91 Å². The predicted molar refractivity (Wildman–Crippen MR) is 94.3 cm³/mol. The first-order valence-corrected chi connectivity index (χ1v) is 9.42. The maximum Gasteiger partial charge on any atom is 0.222 e. The Morgan fingerprint density at radius 2 is 2.13 bits per heavy atom. The molecule has 1 amide bonds. The van der Waals surface area contributed by atoms with Crippen molar-refractivity contribution in [3.05, 3.63) is 11.6 Å².